The van der Waals surface area contributed by atoms with Crippen LogP contribution in [0.25, 0.3) is 17.4 Å². The molecule has 0 spiro atoms. The Labute approximate surface area is 177 Å². The molecule has 1 aliphatic rings. The summed E-state index contributed by atoms with van der Waals surface area (Å²) in [5, 5.41) is 12.6. The van der Waals surface area contributed by atoms with Crippen molar-refractivity contribution in [2.75, 3.05) is 0 Å². The highest BCUT2D eigenvalue weighted by atomic mass is 32.2. The third-order valence-electron chi connectivity index (χ3n) is 4.56. The molecule has 2 N–H and O–H groups in total. The zero-order valence-corrected chi connectivity index (χ0v) is 17.1. The van der Waals surface area contributed by atoms with E-state index in [0.29, 0.717) is 27.2 Å². The largest absolute Gasteiger partial charge is 0.478 e. The number of carboxylic acids is 1. The molecule has 1 fully saturated rings. The summed E-state index contributed by atoms with van der Waals surface area (Å²) in [6, 6.07) is 16.0. The summed E-state index contributed by atoms with van der Waals surface area (Å²) in [6.07, 6.45) is 1.62. The molecule has 0 unspecified atom stereocenters. The van der Waals surface area contributed by atoms with Gasteiger partial charge >= 0.3 is 5.97 Å². The van der Waals surface area contributed by atoms with Gasteiger partial charge in [0, 0.05) is 11.6 Å². The van der Waals surface area contributed by atoms with Gasteiger partial charge in [-0.25, -0.2) is 9.79 Å². The maximum atomic E-state index is 12.4. The van der Waals surface area contributed by atoms with E-state index >= 15 is 0 Å². The van der Waals surface area contributed by atoms with Gasteiger partial charge in [-0.3, -0.25) is 4.79 Å². The molecule has 1 saturated heterocycles. The quantitative estimate of drug-likeness (QED) is 0.572. The molecule has 6 nitrogen and oxygen atoms in total. The minimum Gasteiger partial charge on any atom is -0.478 e. The van der Waals surface area contributed by atoms with Gasteiger partial charge in [0.15, 0.2) is 5.17 Å². The van der Waals surface area contributed by atoms with Gasteiger partial charge in [-0.15, -0.1) is 0 Å². The Morgan fingerprint density at radius 1 is 1.13 bits per heavy atom. The Bertz CT molecular complexity index is 1220. The molecule has 150 valence electrons. The molecule has 0 atom stereocenters. The van der Waals surface area contributed by atoms with E-state index in [9.17, 15) is 14.7 Å². The summed E-state index contributed by atoms with van der Waals surface area (Å²) in [7, 11) is 0. The standard InChI is InChI=1S/C23H18N2O4S/c1-13-7-8-14(2)18(11-13)24-23-25-21(26)20(30-23)12-15-9-10-19(29-15)16-5-3-4-6-17(16)22(27)28/h3-12H,1-2H3,(H,27,28)(H,24,25,26)/b20-12-. The Morgan fingerprint density at radius 3 is 2.73 bits per heavy atom. The number of amides is 1. The fourth-order valence-electron chi connectivity index (χ4n) is 3.02. The van der Waals surface area contributed by atoms with E-state index in [0.717, 1.165) is 16.8 Å². The van der Waals surface area contributed by atoms with E-state index < -0.39 is 5.97 Å². The van der Waals surface area contributed by atoms with Crippen LogP contribution in [0.5, 0.6) is 0 Å². The molecule has 0 bridgehead atoms. The molecular formula is C23H18N2O4S. The zero-order chi connectivity index (χ0) is 21.3. The summed E-state index contributed by atoms with van der Waals surface area (Å²) in [6.45, 7) is 3.96. The number of thioether (sulfide) groups is 1. The molecule has 1 aliphatic heterocycles. The van der Waals surface area contributed by atoms with E-state index in [2.05, 4.69) is 10.3 Å². The number of hydrogen-bond donors (Lipinski definition) is 2. The van der Waals surface area contributed by atoms with Crippen LogP contribution in [0.1, 0.15) is 27.2 Å². The molecule has 0 radical (unpaired) electrons. The Hall–Kier alpha value is -3.58. The highest BCUT2D eigenvalue weighted by molar-refractivity contribution is 8.18. The average molecular weight is 418 g/mol. The lowest BCUT2D eigenvalue weighted by Crippen LogP contribution is -2.19. The highest BCUT2D eigenvalue weighted by Gasteiger charge is 2.24. The number of hydrogen-bond acceptors (Lipinski definition) is 5. The van der Waals surface area contributed by atoms with Crippen molar-refractivity contribution in [1.29, 1.82) is 0 Å². The second-order valence-corrected chi connectivity index (χ2v) is 7.86. The number of aryl methyl sites for hydroxylation is 2. The summed E-state index contributed by atoms with van der Waals surface area (Å²) in [5.74, 6) is -0.406. The number of aromatic carboxylic acids is 1. The van der Waals surface area contributed by atoms with Crippen molar-refractivity contribution < 1.29 is 19.1 Å². The van der Waals surface area contributed by atoms with Crippen molar-refractivity contribution in [2.45, 2.75) is 13.8 Å². The van der Waals surface area contributed by atoms with Gasteiger partial charge in [-0.2, -0.15) is 0 Å². The molecule has 0 saturated carbocycles. The normalized spacial score (nSPS) is 16.3. The number of rotatable bonds is 4. The molecule has 7 heteroatoms. The SMILES string of the molecule is Cc1ccc(C)c(N=C2NC(=O)/C(=C/c3ccc(-c4ccccc4C(=O)O)o3)S2)c1. The monoisotopic (exact) mass is 418 g/mol. The minimum atomic E-state index is -1.03. The molecule has 3 aromatic rings. The first-order valence-corrected chi connectivity index (χ1v) is 10.0. The first-order chi connectivity index (χ1) is 14.4. The van der Waals surface area contributed by atoms with Crippen molar-refractivity contribution >= 4 is 40.6 Å². The second-order valence-electron chi connectivity index (χ2n) is 6.82. The Kier molecular flexibility index (Phi) is 5.29. The lowest BCUT2D eigenvalue weighted by Gasteiger charge is -2.02. The molecule has 1 amide bonds. The number of benzene rings is 2. The lowest BCUT2D eigenvalue weighted by molar-refractivity contribution is -0.115. The molecule has 30 heavy (non-hydrogen) atoms. The minimum absolute atomic E-state index is 0.155. The topological polar surface area (TPSA) is 91.9 Å². The number of furan rings is 1. The third kappa shape index (κ3) is 4.06. The van der Waals surface area contributed by atoms with E-state index in [1.54, 1.807) is 36.4 Å². The van der Waals surface area contributed by atoms with Crippen LogP contribution in [0, 0.1) is 13.8 Å². The number of aliphatic imine (C=N–C) groups is 1. The number of carboxylic acid groups (broad SMARTS) is 1. The number of carbonyl (C=O) groups excluding carboxylic acids is 1. The average Bonchev–Trinajstić information content (AvgIpc) is 3.31. The van der Waals surface area contributed by atoms with Gasteiger partial charge < -0.3 is 14.8 Å². The second kappa shape index (κ2) is 8.04. The van der Waals surface area contributed by atoms with Crippen LogP contribution in [-0.2, 0) is 4.79 Å². The summed E-state index contributed by atoms with van der Waals surface area (Å²) in [5.41, 5.74) is 3.56. The maximum absolute atomic E-state index is 12.4. The number of carbonyl (C=O) groups is 2. The van der Waals surface area contributed by atoms with Crippen LogP contribution in [0.4, 0.5) is 5.69 Å². The van der Waals surface area contributed by atoms with Gasteiger partial charge in [0.1, 0.15) is 11.5 Å². The van der Waals surface area contributed by atoms with E-state index in [1.807, 2.05) is 32.0 Å². The van der Waals surface area contributed by atoms with Crippen LogP contribution in [0.2, 0.25) is 0 Å². The molecular weight excluding hydrogens is 400 g/mol. The predicted molar refractivity (Wildman–Crippen MR) is 118 cm³/mol. The van der Waals surface area contributed by atoms with Crippen molar-refractivity contribution in [1.82, 2.24) is 5.32 Å². The molecule has 2 heterocycles. The number of amidine groups is 1. The number of nitrogens with one attached hydrogen (secondary N) is 1. The van der Waals surface area contributed by atoms with Crippen LogP contribution in [0.3, 0.4) is 0 Å². The van der Waals surface area contributed by atoms with E-state index in [4.69, 9.17) is 4.42 Å². The Morgan fingerprint density at radius 2 is 1.93 bits per heavy atom. The highest BCUT2D eigenvalue weighted by Crippen LogP contribution is 2.31. The van der Waals surface area contributed by atoms with Gasteiger partial charge in [0.05, 0.1) is 16.2 Å². The van der Waals surface area contributed by atoms with Crippen LogP contribution >= 0.6 is 11.8 Å². The smallest absolute Gasteiger partial charge is 0.336 e. The maximum Gasteiger partial charge on any atom is 0.336 e. The van der Waals surface area contributed by atoms with E-state index in [1.165, 1.54) is 17.8 Å². The third-order valence-corrected chi connectivity index (χ3v) is 5.47. The molecule has 2 aromatic carbocycles. The fraction of sp³-hybridized carbons (Fsp3) is 0.0870. The molecule has 4 rings (SSSR count). The van der Waals surface area contributed by atoms with E-state index in [-0.39, 0.29) is 11.5 Å². The number of nitrogens with zero attached hydrogens (tertiary/aromatic N) is 1. The molecule has 1 aromatic heterocycles. The van der Waals surface area contributed by atoms with Crippen LogP contribution < -0.4 is 5.32 Å². The first kappa shape index (κ1) is 19.7. The van der Waals surface area contributed by atoms with Crippen LogP contribution in [-0.4, -0.2) is 22.2 Å². The summed E-state index contributed by atoms with van der Waals surface area (Å²) in [4.78, 5) is 28.8. The van der Waals surface area contributed by atoms with Gasteiger partial charge in [0.2, 0.25) is 0 Å². The molecule has 0 aliphatic carbocycles. The first-order valence-electron chi connectivity index (χ1n) is 9.20. The van der Waals surface area contributed by atoms with Gasteiger partial charge in [-0.05, 0) is 61.0 Å². The predicted octanol–water partition coefficient (Wildman–Crippen LogP) is 5.15. The van der Waals surface area contributed by atoms with Gasteiger partial charge in [-0.1, -0.05) is 30.3 Å². The van der Waals surface area contributed by atoms with Crippen molar-refractivity contribution in [3.05, 3.63) is 82.0 Å². The van der Waals surface area contributed by atoms with Gasteiger partial charge in [0.25, 0.3) is 5.91 Å². The fourth-order valence-corrected chi connectivity index (χ4v) is 3.83. The zero-order valence-electron chi connectivity index (χ0n) is 16.3. The summed E-state index contributed by atoms with van der Waals surface area (Å²) < 4.78 is 5.79. The van der Waals surface area contributed by atoms with Crippen molar-refractivity contribution in [3.8, 4) is 11.3 Å². The van der Waals surface area contributed by atoms with Crippen molar-refractivity contribution in [3.63, 3.8) is 0 Å². The van der Waals surface area contributed by atoms with Crippen LogP contribution in [0.15, 0.2) is 68.9 Å². The Balaban J connectivity index is 1.60. The van der Waals surface area contributed by atoms with Crippen molar-refractivity contribution in [2.24, 2.45) is 4.99 Å². The summed E-state index contributed by atoms with van der Waals surface area (Å²) >= 11 is 1.23. The lowest BCUT2D eigenvalue weighted by atomic mass is 10.1.